The summed E-state index contributed by atoms with van der Waals surface area (Å²) in [5, 5.41) is 1.09. The highest BCUT2D eigenvalue weighted by Gasteiger charge is 2.21. The number of carbonyl (C=O) groups excluding carboxylic acids is 2. The molecule has 7 heteroatoms. The second-order valence-electron chi connectivity index (χ2n) is 4.29. The predicted octanol–water partition coefficient (Wildman–Crippen LogP) is 4.72. The van der Waals surface area contributed by atoms with Gasteiger partial charge in [0.1, 0.15) is 0 Å². The molecule has 0 fully saturated rings. The molecule has 0 aliphatic carbocycles. The minimum Gasteiger partial charge on any atom is -0.372 e. The van der Waals surface area contributed by atoms with Gasteiger partial charge in [0.25, 0.3) is 11.1 Å². The van der Waals surface area contributed by atoms with E-state index in [4.69, 9.17) is 39.6 Å². The molecule has 0 saturated heterocycles. The number of hydrogen-bond donors (Lipinski definition) is 0. The van der Waals surface area contributed by atoms with Gasteiger partial charge in [0.2, 0.25) is 0 Å². The van der Waals surface area contributed by atoms with Crippen LogP contribution in [0, 0.1) is 0 Å². The highest BCUT2D eigenvalue weighted by molar-refractivity contribution is 6.68. The molecule has 0 atom stereocenters. The topological polar surface area (TPSA) is 46.6 Å². The number of hydroxylamine groups is 1. The third-order valence-electron chi connectivity index (χ3n) is 2.69. The van der Waals surface area contributed by atoms with Crippen LogP contribution in [0.15, 0.2) is 42.5 Å². The molecule has 0 aromatic heterocycles. The van der Waals surface area contributed by atoms with Crippen LogP contribution in [0.4, 0.5) is 5.69 Å². The smallest absolute Gasteiger partial charge is 0.256 e. The number of nitrogens with zero attached hydrogens (tertiary/aromatic N) is 1. The second-order valence-corrected chi connectivity index (χ2v) is 5.51. The summed E-state index contributed by atoms with van der Waals surface area (Å²) in [6, 6.07) is 10.8. The molecule has 0 saturated carbocycles. The molecule has 0 unspecified atom stereocenters. The number of halogens is 3. The van der Waals surface area contributed by atoms with Gasteiger partial charge in [-0.25, -0.2) is 0 Å². The zero-order valence-electron chi connectivity index (χ0n) is 11.3. The molecule has 0 bridgehead atoms. The van der Waals surface area contributed by atoms with Gasteiger partial charge in [0.05, 0.1) is 11.3 Å². The highest BCUT2D eigenvalue weighted by Crippen LogP contribution is 2.28. The fraction of sp³-hybridized carbons (Fsp3) is 0.0667. The van der Waals surface area contributed by atoms with Crippen LogP contribution in [0.1, 0.15) is 17.3 Å². The third kappa shape index (κ3) is 3.91. The number of anilines is 1. The number of rotatable bonds is 4. The van der Waals surface area contributed by atoms with Crippen molar-refractivity contribution in [1.29, 1.82) is 0 Å². The van der Waals surface area contributed by atoms with E-state index in [2.05, 4.69) is 0 Å². The summed E-state index contributed by atoms with van der Waals surface area (Å²) < 4.78 is 0. The van der Waals surface area contributed by atoms with E-state index in [9.17, 15) is 9.59 Å². The monoisotopic (exact) mass is 357 g/mol. The Labute approximate surface area is 142 Å². The van der Waals surface area contributed by atoms with Crippen LogP contribution in [0.3, 0.4) is 0 Å². The highest BCUT2D eigenvalue weighted by atomic mass is 35.5. The molecule has 0 heterocycles. The fourth-order valence-corrected chi connectivity index (χ4v) is 2.18. The van der Waals surface area contributed by atoms with E-state index in [1.807, 2.05) is 0 Å². The molecular weight excluding hydrogens is 349 g/mol. The summed E-state index contributed by atoms with van der Waals surface area (Å²) >= 11 is 17.3. The van der Waals surface area contributed by atoms with Crippen LogP contribution in [0.5, 0.6) is 5.75 Å². The minimum absolute atomic E-state index is 0.107. The number of benzene rings is 2. The van der Waals surface area contributed by atoms with Crippen molar-refractivity contribution in [3.63, 3.8) is 0 Å². The van der Waals surface area contributed by atoms with Crippen LogP contribution in [-0.2, 0) is 4.79 Å². The molecular formula is C15H10Cl3NO3. The molecule has 0 aliphatic heterocycles. The maximum atomic E-state index is 11.9. The van der Waals surface area contributed by atoms with Gasteiger partial charge < -0.3 is 4.84 Å². The summed E-state index contributed by atoms with van der Waals surface area (Å²) in [5.74, 6) is -0.0797. The summed E-state index contributed by atoms with van der Waals surface area (Å²) in [6.45, 7) is 1.29. The second kappa shape index (κ2) is 7.01. The lowest BCUT2D eigenvalue weighted by atomic mass is 10.2. The van der Waals surface area contributed by atoms with Gasteiger partial charge >= 0.3 is 0 Å². The first kappa shape index (κ1) is 16.6. The van der Waals surface area contributed by atoms with Gasteiger partial charge in [-0.05, 0) is 54.1 Å². The quantitative estimate of drug-likeness (QED) is 0.587. The Morgan fingerprint density at radius 1 is 1.00 bits per heavy atom. The lowest BCUT2D eigenvalue weighted by Crippen LogP contribution is -2.33. The van der Waals surface area contributed by atoms with Crippen molar-refractivity contribution >= 4 is 51.6 Å². The maximum Gasteiger partial charge on any atom is 0.256 e. The molecule has 2 aromatic carbocycles. The van der Waals surface area contributed by atoms with Gasteiger partial charge in [0.15, 0.2) is 5.75 Å². The van der Waals surface area contributed by atoms with Crippen LogP contribution >= 0.6 is 34.8 Å². The van der Waals surface area contributed by atoms with Crippen LogP contribution in [0.2, 0.25) is 10.0 Å². The Morgan fingerprint density at radius 3 is 2.14 bits per heavy atom. The van der Waals surface area contributed by atoms with E-state index in [0.717, 1.165) is 5.06 Å². The van der Waals surface area contributed by atoms with Gasteiger partial charge in [0, 0.05) is 17.0 Å². The minimum atomic E-state index is -0.724. The van der Waals surface area contributed by atoms with E-state index in [-0.39, 0.29) is 11.3 Å². The SMILES string of the molecule is CC(=O)N(Oc1ccc(Cl)cc1)c1cc(Cl)ccc1C(=O)Cl. The zero-order chi connectivity index (χ0) is 16.3. The van der Waals surface area contributed by atoms with Crippen molar-refractivity contribution in [2.24, 2.45) is 0 Å². The van der Waals surface area contributed by atoms with Crippen molar-refractivity contribution in [2.75, 3.05) is 5.06 Å². The summed E-state index contributed by atoms with van der Waals surface area (Å²) in [6.07, 6.45) is 0. The van der Waals surface area contributed by atoms with Gasteiger partial charge in [-0.3, -0.25) is 9.59 Å². The molecule has 0 N–H and O–H groups in total. The van der Waals surface area contributed by atoms with Crippen molar-refractivity contribution < 1.29 is 14.4 Å². The molecule has 0 radical (unpaired) electrons. The number of amides is 1. The molecule has 2 aromatic rings. The predicted molar refractivity (Wildman–Crippen MR) is 86.9 cm³/mol. The normalized spacial score (nSPS) is 10.2. The maximum absolute atomic E-state index is 11.9. The lowest BCUT2D eigenvalue weighted by Gasteiger charge is -2.22. The lowest BCUT2D eigenvalue weighted by molar-refractivity contribution is -0.120. The first-order chi connectivity index (χ1) is 10.4. The fourth-order valence-electron chi connectivity index (χ4n) is 1.72. The molecule has 0 spiro atoms. The van der Waals surface area contributed by atoms with Crippen molar-refractivity contribution in [3.8, 4) is 5.75 Å². The number of carbonyl (C=O) groups is 2. The third-order valence-corrected chi connectivity index (χ3v) is 3.38. The first-order valence-electron chi connectivity index (χ1n) is 6.12. The standard InChI is InChI=1S/C15H10Cl3NO3/c1-9(20)19(22-12-5-2-10(16)3-6-12)14-8-11(17)4-7-13(14)15(18)21/h2-8H,1H3. The molecule has 0 aliphatic rings. The average Bonchev–Trinajstić information content (AvgIpc) is 2.45. The summed E-state index contributed by atoms with van der Waals surface area (Å²) in [7, 11) is 0. The van der Waals surface area contributed by atoms with E-state index < -0.39 is 11.1 Å². The Balaban J connectivity index is 2.44. The van der Waals surface area contributed by atoms with Crippen molar-refractivity contribution in [2.45, 2.75) is 6.92 Å². The van der Waals surface area contributed by atoms with Gasteiger partial charge in [-0.1, -0.05) is 23.2 Å². The van der Waals surface area contributed by atoms with Crippen molar-refractivity contribution in [3.05, 3.63) is 58.1 Å². The first-order valence-corrected chi connectivity index (χ1v) is 7.25. The molecule has 4 nitrogen and oxygen atoms in total. The van der Waals surface area contributed by atoms with E-state index in [0.29, 0.717) is 15.8 Å². The van der Waals surface area contributed by atoms with E-state index in [1.54, 1.807) is 24.3 Å². The molecule has 22 heavy (non-hydrogen) atoms. The number of hydrogen-bond acceptors (Lipinski definition) is 3. The molecule has 1 amide bonds. The Morgan fingerprint density at radius 2 is 1.59 bits per heavy atom. The zero-order valence-corrected chi connectivity index (χ0v) is 13.6. The Hall–Kier alpha value is -1.75. The summed E-state index contributed by atoms with van der Waals surface area (Å²) in [4.78, 5) is 28.9. The molecule has 114 valence electrons. The van der Waals surface area contributed by atoms with Crippen LogP contribution in [0.25, 0.3) is 0 Å². The van der Waals surface area contributed by atoms with Crippen LogP contribution < -0.4 is 9.90 Å². The van der Waals surface area contributed by atoms with Gasteiger partial charge in [-0.2, -0.15) is 0 Å². The summed E-state index contributed by atoms with van der Waals surface area (Å²) in [5.41, 5.74) is 0.269. The average molecular weight is 359 g/mol. The van der Waals surface area contributed by atoms with Crippen molar-refractivity contribution in [1.82, 2.24) is 0 Å². The molecule has 2 rings (SSSR count). The van der Waals surface area contributed by atoms with E-state index >= 15 is 0 Å². The largest absolute Gasteiger partial charge is 0.372 e. The van der Waals surface area contributed by atoms with Crippen LogP contribution in [-0.4, -0.2) is 11.1 Å². The van der Waals surface area contributed by atoms with Gasteiger partial charge in [-0.15, -0.1) is 5.06 Å². The Bertz CT molecular complexity index is 716. The Kier molecular flexibility index (Phi) is 5.29. The van der Waals surface area contributed by atoms with E-state index in [1.165, 1.54) is 25.1 Å².